The van der Waals surface area contributed by atoms with Gasteiger partial charge in [-0.3, -0.25) is 0 Å². The Kier molecular flexibility index (Phi) is 4.38. The van der Waals surface area contributed by atoms with E-state index in [1.807, 2.05) is 37.3 Å². The highest BCUT2D eigenvalue weighted by molar-refractivity contribution is 7.18. The van der Waals surface area contributed by atoms with Gasteiger partial charge in [-0.2, -0.15) is 0 Å². The molecule has 0 aliphatic rings. The van der Waals surface area contributed by atoms with Crippen molar-refractivity contribution in [1.29, 1.82) is 0 Å². The Morgan fingerprint density at radius 3 is 2.48 bits per heavy atom. The summed E-state index contributed by atoms with van der Waals surface area (Å²) in [6, 6.07) is 9.22. The Bertz CT molecular complexity index is 802. The van der Waals surface area contributed by atoms with Crippen LogP contribution in [0.4, 0.5) is 5.13 Å². The van der Waals surface area contributed by atoms with Gasteiger partial charge in [0.15, 0.2) is 11.0 Å². The van der Waals surface area contributed by atoms with E-state index < -0.39 is 0 Å². The fourth-order valence-corrected chi connectivity index (χ4v) is 2.87. The zero-order chi connectivity index (χ0) is 16.2. The molecular formula is C16H16N4O2S. The lowest BCUT2D eigenvalue weighted by molar-refractivity contribution is 0.295. The third kappa shape index (κ3) is 3.57. The molecule has 0 fully saturated rings. The number of nitrogen functional groups attached to an aromatic ring is 1. The van der Waals surface area contributed by atoms with Crippen LogP contribution in [-0.4, -0.2) is 22.1 Å². The van der Waals surface area contributed by atoms with Crippen LogP contribution in [0.2, 0.25) is 0 Å². The van der Waals surface area contributed by atoms with Gasteiger partial charge in [0.05, 0.1) is 23.4 Å². The number of hydrogen-bond acceptors (Lipinski definition) is 7. The Morgan fingerprint density at radius 2 is 1.83 bits per heavy atom. The molecule has 118 valence electrons. The van der Waals surface area contributed by atoms with Gasteiger partial charge >= 0.3 is 0 Å². The topological polar surface area (TPSA) is 83.2 Å². The van der Waals surface area contributed by atoms with Crippen molar-refractivity contribution in [1.82, 2.24) is 15.0 Å². The van der Waals surface area contributed by atoms with Crippen molar-refractivity contribution in [3.8, 4) is 22.1 Å². The third-order valence-corrected chi connectivity index (χ3v) is 4.19. The van der Waals surface area contributed by atoms with E-state index in [1.54, 1.807) is 13.3 Å². The van der Waals surface area contributed by atoms with E-state index in [2.05, 4.69) is 15.0 Å². The molecule has 0 atom stereocenters. The molecule has 2 aromatic heterocycles. The number of methoxy groups -OCH3 is 1. The summed E-state index contributed by atoms with van der Waals surface area (Å²) < 4.78 is 10.8. The first-order valence-electron chi connectivity index (χ1n) is 6.98. The number of aryl methyl sites for hydroxylation is 1. The van der Waals surface area contributed by atoms with Crippen molar-refractivity contribution in [3.05, 3.63) is 48.0 Å². The highest BCUT2D eigenvalue weighted by Gasteiger charge is 2.10. The van der Waals surface area contributed by atoms with Crippen molar-refractivity contribution >= 4 is 16.5 Å². The van der Waals surface area contributed by atoms with E-state index in [9.17, 15) is 0 Å². The van der Waals surface area contributed by atoms with Crippen molar-refractivity contribution < 1.29 is 9.47 Å². The van der Waals surface area contributed by atoms with E-state index in [0.29, 0.717) is 11.0 Å². The minimum Gasteiger partial charge on any atom is -0.497 e. The number of benzene rings is 1. The van der Waals surface area contributed by atoms with Crippen LogP contribution in [0.5, 0.6) is 11.5 Å². The zero-order valence-corrected chi connectivity index (χ0v) is 13.6. The largest absolute Gasteiger partial charge is 0.497 e. The van der Waals surface area contributed by atoms with Gasteiger partial charge in [0.25, 0.3) is 0 Å². The molecule has 0 bridgehead atoms. The molecule has 3 rings (SSSR count). The molecule has 0 aliphatic carbocycles. The smallest absolute Gasteiger partial charge is 0.180 e. The minimum absolute atomic E-state index is 0.285. The summed E-state index contributed by atoms with van der Waals surface area (Å²) in [5, 5.41) is 0.534. The second-order valence-corrected chi connectivity index (χ2v) is 5.82. The predicted octanol–water partition coefficient (Wildman–Crippen LogP) is 3.08. The maximum Gasteiger partial charge on any atom is 0.180 e. The van der Waals surface area contributed by atoms with E-state index in [1.165, 1.54) is 11.3 Å². The first-order chi connectivity index (χ1) is 11.2. The maximum atomic E-state index is 5.74. The van der Waals surface area contributed by atoms with Gasteiger partial charge < -0.3 is 15.2 Å². The molecule has 6 nitrogen and oxygen atoms in total. The van der Waals surface area contributed by atoms with Gasteiger partial charge in [-0.15, -0.1) is 0 Å². The molecule has 23 heavy (non-hydrogen) atoms. The monoisotopic (exact) mass is 328 g/mol. The number of nitrogens with zero attached hydrogens (tertiary/aromatic N) is 3. The van der Waals surface area contributed by atoms with Crippen molar-refractivity contribution in [2.75, 3.05) is 12.8 Å². The lowest BCUT2D eigenvalue weighted by atomic mass is 10.3. The second-order valence-electron chi connectivity index (χ2n) is 4.79. The lowest BCUT2D eigenvalue weighted by Crippen LogP contribution is -2.02. The summed E-state index contributed by atoms with van der Waals surface area (Å²) >= 11 is 1.42. The summed E-state index contributed by atoms with van der Waals surface area (Å²) in [6.45, 7) is 2.20. The zero-order valence-electron chi connectivity index (χ0n) is 12.8. The van der Waals surface area contributed by atoms with Crippen molar-refractivity contribution in [2.24, 2.45) is 0 Å². The van der Waals surface area contributed by atoms with E-state index >= 15 is 0 Å². The molecule has 2 heterocycles. The van der Waals surface area contributed by atoms with Crippen LogP contribution in [0.15, 0.2) is 36.5 Å². The van der Waals surface area contributed by atoms with Crippen molar-refractivity contribution in [2.45, 2.75) is 13.5 Å². The molecular weight excluding hydrogens is 312 g/mol. The second kappa shape index (κ2) is 6.62. The summed E-state index contributed by atoms with van der Waals surface area (Å²) in [4.78, 5) is 13.9. The van der Waals surface area contributed by atoms with Gasteiger partial charge in [0.1, 0.15) is 18.1 Å². The molecule has 0 saturated heterocycles. The minimum atomic E-state index is 0.285. The lowest BCUT2D eigenvalue weighted by Gasteiger charge is -2.07. The van der Waals surface area contributed by atoms with Crippen LogP contribution >= 0.6 is 11.3 Å². The molecule has 0 saturated carbocycles. The Hall–Kier alpha value is -2.67. The molecule has 3 aromatic rings. The number of thiazole rings is 1. The first-order valence-corrected chi connectivity index (χ1v) is 7.79. The summed E-state index contributed by atoms with van der Waals surface area (Å²) in [6.07, 6.45) is 1.71. The highest BCUT2D eigenvalue weighted by atomic mass is 32.1. The van der Waals surface area contributed by atoms with Gasteiger partial charge in [0.2, 0.25) is 0 Å². The van der Waals surface area contributed by atoms with Crippen molar-refractivity contribution in [3.63, 3.8) is 0 Å². The van der Waals surface area contributed by atoms with Gasteiger partial charge in [-0.25, -0.2) is 15.0 Å². The fourth-order valence-electron chi connectivity index (χ4n) is 2.07. The molecule has 7 heteroatoms. The number of rotatable bonds is 5. The quantitative estimate of drug-likeness (QED) is 0.775. The number of aromatic nitrogens is 3. The third-order valence-electron chi connectivity index (χ3n) is 3.18. The number of anilines is 1. The van der Waals surface area contributed by atoms with Crippen LogP contribution in [0.25, 0.3) is 10.6 Å². The maximum absolute atomic E-state index is 5.74. The number of hydrogen-bond donors (Lipinski definition) is 1. The van der Waals surface area contributed by atoms with E-state index in [0.717, 1.165) is 27.8 Å². The van der Waals surface area contributed by atoms with Crippen LogP contribution in [0, 0.1) is 6.92 Å². The molecule has 0 unspecified atom stereocenters. The predicted molar refractivity (Wildman–Crippen MR) is 89.6 cm³/mol. The van der Waals surface area contributed by atoms with Gasteiger partial charge in [-0.1, -0.05) is 11.3 Å². The number of ether oxygens (including phenoxy) is 2. The SMILES string of the molecule is COc1ccc(OCc2nccc(-c3sc(N)nc3C)n2)cc1. The molecule has 0 radical (unpaired) electrons. The molecule has 2 N–H and O–H groups in total. The Labute approximate surface area is 138 Å². The highest BCUT2D eigenvalue weighted by Crippen LogP contribution is 2.29. The molecule has 1 aromatic carbocycles. The normalized spacial score (nSPS) is 10.5. The standard InChI is InChI=1S/C16H16N4O2S/c1-10-15(23-16(17)19-10)13-7-8-18-14(20-13)9-22-12-5-3-11(21-2)4-6-12/h3-8H,9H2,1-2H3,(H2,17,19). The molecule has 0 aliphatic heterocycles. The number of nitrogens with two attached hydrogens (primary N) is 1. The van der Waals surface area contributed by atoms with Crippen LogP contribution in [-0.2, 0) is 6.61 Å². The summed E-state index contributed by atoms with van der Waals surface area (Å²) in [5.74, 6) is 2.12. The molecule has 0 spiro atoms. The average Bonchev–Trinajstić information content (AvgIpc) is 2.92. The average molecular weight is 328 g/mol. The fraction of sp³-hybridized carbons (Fsp3) is 0.188. The van der Waals surface area contributed by atoms with Gasteiger partial charge in [0, 0.05) is 6.20 Å². The van der Waals surface area contributed by atoms with E-state index in [4.69, 9.17) is 15.2 Å². The Balaban J connectivity index is 1.73. The first kappa shape index (κ1) is 15.2. The van der Waals surface area contributed by atoms with E-state index in [-0.39, 0.29) is 6.61 Å². The van der Waals surface area contributed by atoms with Crippen LogP contribution in [0.3, 0.4) is 0 Å². The van der Waals surface area contributed by atoms with Crippen LogP contribution < -0.4 is 15.2 Å². The Morgan fingerprint density at radius 1 is 1.09 bits per heavy atom. The summed E-state index contributed by atoms with van der Waals surface area (Å²) in [5.41, 5.74) is 7.42. The van der Waals surface area contributed by atoms with Gasteiger partial charge in [-0.05, 0) is 37.3 Å². The summed E-state index contributed by atoms with van der Waals surface area (Å²) in [7, 11) is 1.63. The van der Waals surface area contributed by atoms with Crippen LogP contribution in [0.1, 0.15) is 11.5 Å². The molecule has 0 amide bonds.